The van der Waals surface area contributed by atoms with Gasteiger partial charge in [-0.1, -0.05) is 30.3 Å². The minimum Gasteiger partial charge on any atom is -0.493 e. The van der Waals surface area contributed by atoms with Crippen molar-refractivity contribution in [1.29, 1.82) is 0 Å². The van der Waals surface area contributed by atoms with Crippen LogP contribution >= 0.6 is 0 Å². The van der Waals surface area contributed by atoms with Crippen molar-refractivity contribution in [2.24, 2.45) is 0 Å². The van der Waals surface area contributed by atoms with Gasteiger partial charge in [-0.25, -0.2) is 0 Å². The van der Waals surface area contributed by atoms with Gasteiger partial charge in [-0.15, -0.1) is 0 Å². The average molecular weight is 213 g/mol. The summed E-state index contributed by atoms with van der Waals surface area (Å²) in [5.41, 5.74) is 2.24. The molecule has 2 aromatic carbocycles. The minimum absolute atomic E-state index is 0.743. The summed E-state index contributed by atoms with van der Waals surface area (Å²) < 4.78 is 10.5. The Morgan fingerprint density at radius 2 is 1.50 bits per heavy atom. The second kappa shape index (κ2) is 4.71. The number of hydrogen-bond acceptors (Lipinski definition) is 2. The Bertz CT molecular complexity index is 463. The molecule has 0 aromatic heterocycles. The van der Waals surface area contributed by atoms with E-state index in [4.69, 9.17) is 9.47 Å². The van der Waals surface area contributed by atoms with Crippen LogP contribution in [0.1, 0.15) is 0 Å². The van der Waals surface area contributed by atoms with Crippen LogP contribution in [0.5, 0.6) is 11.5 Å². The van der Waals surface area contributed by atoms with E-state index in [9.17, 15) is 0 Å². The topological polar surface area (TPSA) is 18.5 Å². The van der Waals surface area contributed by atoms with E-state index >= 15 is 0 Å². The average Bonchev–Trinajstić information content (AvgIpc) is 2.39. The number of hydrogen-bond donors (Lipinski definition) is 0. The summed E-state index contributed by atoms with van der Waals surface area (Å²) in [6.07, 6.45) is 0. The molecular weight excluding hydrogens is 200 g/mol. The smallest absolute Gasteiger partial charge is 0.161 e. The lowest BCUT2D eigenvalue weighted by atomic mass is 10.1. The van der Waals surface area contributed by atoms with Gasteiger partial charge < -0.3 is 9.47 Å². The fraction of sp³-hybridized carbons (Fsp3) is 0.143. The Kier molecular flexibility index (Phi) is 3.10. The zero-order valence-corrected chi connectivity index (χ0v) is 9.36. The van der Waals surface area contributed by atoms with E-state index in [2.05, 4.69) is 6.07 Å². The Labute approximate surface area is 95.4 Å². The molecule has 0 spiro atoms. The highest BCUT2D eigenvalue weighted by Crippen LogP contribution is 2.31. The van der Waals surface area contributed by atoms with Crippen molar-refractivity contribution in [3.63, 3.8) is 0 Å². The lowest BCUT2D eigenvalue weighted by Crippen LogP contribution is -1.90. The highest BCUT2D eigenvalue weighted by molar-refractivity contribution is 5.66. The highest BCUT2D eigenvalue weighted by atomic mass is 16.5. The number of methoxy groups -OCH3 is 2. The molecule has 0 N–H and O–H groups in total. The first kappa shape index (κ1) is 10.6. The summed E-state index contributed by atoms with van der Waals surface area (Å²) in [7, 11) is 3.27. The molecule has 0 aliphatic rings. The van der Waals surface area contributed by atoms with E-state index in [1.807, 2.05) is 42.5 Å². The molecule has 81 valence electrons. The largest absolute Gasteiger partial charge is 0.493 e. The third-order valence-corrected chi connectivity index (χ3v) is 2.44. The quantitative estimate of drug-likeness (QED) is 0.779. The SMILES string of the molecule is COc1ccc(-c2cc[c]cc2)cc1OC. The zero-order chi connectivity index (χ0) is 11.4. The maximum Gasteiger partial charge on any atom is 0.161 e. The van der Waals surface area contributed by atoms with Gasteiger partial charge in [0.25, 0.3) is 0 Å². The molecule has 0 saturated heterocycles. The van der Waals surface area contributed by atoms with Crippen LogP contribution in [-0.2, 0) is 0 Å². The van der Waals surface area contributed by atoms with Crippen molar-refractivity contribution >= 4 is 0 Å². The predicted octanol–water partition coefficient (Wildman–Crippen LogP) is 3.17. The first-order chi connectivity index (χ1) is 7.85. The van der Waals surface area contributed by atoms with Gasteiger partial charge in [-0.3, -0.25) is 0 Å². The summed E-state index contributed by atoms with van der Waals surface area (Å²) in [5.74, 6) is 1.49. The van der Waals surface area contributed by atoms with Crippen LogP contribution in [0.3, 0.4) is 0 Å². The van der Waals surface area contributed by atoms with Crippen molar-refractivity contribution in [3.05, 3.63) is 48.5 Å². The van der Waals surface area contributed by atoms with Gasteiger partial charge in [0.1, 0.15) is 0 Å². The maximum atomic E-state index is 5.27. The standard InChI is InChI=1S/C14H13O2/c1-15-13-9-8-12(10-14(13)16-2)11-6-4-3-5-7-11/h4-10H,1-2H3. The van der Waals surface area contributed by atoms with Gasteiger partial charge >= 0.3 is 0 Å². The summed E-state index contributed by atoms with van der Waals surface area (Å²) >= 11 is 0. The molecule has 0 unspecified atom stereocenters. The predicted molar refractivity (Wildman–Crippen MR) is 63.8 cm³/mol. The van der Waals surface area contributed by atoms with Gasteiger partial charge in [0.15, 0.2) is 11.5 Å². The summed E-state index contributed by atoms with van der Waals surface area (Å²) in [4.78, 5) is 0. The Morgan fingerprint density at radius 3 is 2.12 bits per heavy atom. The lowest BCUT2D eigenvalue weighted by Gasteiger charge is -2.09. The molecule has 2 aromatic rings. The molecule has 0 heterocycles. The van der Waals surface area contributed by atoms with Gasteiger partial charge in [0.2, 0.25) is 0 Å². The molecule has 0 saturated carbocycles. The number of ether oxygens (including phenoxy) is 2. The molecule has 2 heteroatoms. The number of benzene rings is 2. The Hall–Kier alpha value is -1.96. The minimum atomic E-state index is 0.743. The van der Waals surface area contributed by atoms with Crippen LogP contribution in [0.25, 0.3) is 11.1 Å². The Morgan fingerprint density at radius 1 is 0.812 bits per heavy atom. The van der Waals surface area contributed by atoms with Crippen LogP contribution in [0.4, 0.5) is 0 Å². The molecule has 0 bridgehead atoms. The monoisotopic (exact) mass is 213 g/mol. The second-order valence-corrected chi connectivity index (χ2v) is 3.36. The fourth-order valence-electron chi connectivity index (χ4n) is 1.60. The molecule has 0 aliphatic heterocycles. The molecule has 0 atom stereocenters. The molecule has 2 rings (SSSR count). The van der Waals surface area contributed by atoms with Crippen LogP contribution in [0, 0.1) is 6.07 Å². The van der Waals surface area contributed by atoms with E-state index in [-0.39, 0.29) is 0 Å². The van der Waals surface area contributed by atoms with Crippen molar-refractivity contribution in [2.75, 3.05) is 14.2 Å². The first-order valence-corrected chi connectivity index (χ1v) is 5.03. The molecule has 16 heavy (non-hydrogen) atoms. The maximum absolute atomic E-state index is 5.27. The van der Waals surface area contributed by atoms with Crippen molar-refractivity contribution < 1.29 is 9.47 Å². The second-order valence-electron chi connectivity index (χ2n) is 3.36. The van der Waals surface area contributed by atoms with E-state index in [1.165, 1.54) is 0 Å². The molecular formula is C14H13O2. The molecule has 0 fully saturated rings. The summed E-state index contributed by atoms with van der Waals surface area (Å²) in [6.45, 7) is 0. The van der Waals surface area contributed by atoms with E-state index in [1.54, 1.807) is 14.2 Å². The van der Waals surface area contributed by atoms with Gasteiger partial charge in [-0.05, 0) is 29.3 Å². The van der Waals surface area contributed by atoms with E-state index < -0.39 is 0 Å². The van der Waals surface area contributed by atoms with Gasteiger partial charge in [0.05, 0.1) is 14.2 Å². The Balaban J connectivity index is 2.44. The summed E-state index contributed by atoms with van der Waals surface area (Å²) in [6, 6.07) is 16.7. The zero-order valence-electron chi connectivity index (χ0n) is 9.36. The highest BCUT2D eigenvalue weighted by Gasteiger charge is 2.05. The van der Waals surface area contributed by atoms with Gasteiger partial charge in [-0.2, -0.15) is 0 Å². The van der Waals surface area contributed by atoms with E-state index in [0.717, 1.165) is 22.6 Å². The third kappa shape index (κ3) is 2.01. The lowest BCUT2D eigenvalue weighted by molar-refractivity contribution is 0.355. The van der Waals surface area contributed by atoms with Crippen molar-refractivity contribution in [1.82, 2.24) is 0 Å². The summed E-state index contributed by atoms with van der Waals surface area (Å²) in [5, 5.41) is 0. The van der Waals surface area contributed by atoms with Crippen molar-refractivity contribution in [3.8, 4) is 22.6 Å². The molecule has 0 amide bonds. The molecule has 1 radical (unpaired) electrons. The fourth-order valence-corrected chi connectivity index (χ4v) is 1.60. The van der Waals surface area contributed by atoms with Crippen LogP contribution in [0.2, 0.25) is 0 Å². The molecule has 0 aliphatic carbocycles. The van der Waals surface area contributed by atoms with Crippen molar-refractivity contribution in [2.45, 2.75) is 0 Å². The van der Waals surface area contributed by atoms with Gasteiger partial charge in [0, 0.05) is 0 Å². The van der Waals surface area contributed by atoms with E-state index in [0.29, 0.717) is 0 Å². The number of rotatable bonds is 3. The van der Waals surface area contributed by atoms with Crippen LogP contribution in [0.15, 0.2) is 42.5 Å². The third-order valence-electron chi connectivity index (χ3n) is 2.44. The van der Waals surface area contributed by atoms with Crippen LogP contribution in [-0.4, -0.2) is 14.2 Å². The normalized spacial score (nSPS) is 9.88. The molecule has 2 nitrogen and oxygen atoms in total. The first-order valence-electron chi connectivity index (χ1n) is 5.03. The van der Waals surface area contributed by atoms with Crippen LogP contribution < -0.4 is 9.47 Å².